The molecule has 1 aromatic carbocycles. The van der Waals surface area contributed by atoms with Gasteiger partial charge in [0.25, 0.3) is 5.91 Å². The Kier molecular flexibility index (Phi) is 5.20. The number of rotatable bonds is 5. The maximum atomic E-state index is 12.2. The lowest BCUT2D eigenvalue weighted by Gasteiger charge is -2.32. The zero-order chi connectivity index (χ0) is 14.6. The topological polar surface area (TPSA) is 44.4 Å². The summed E-state index contributed by atoms with van der Waals surface area (Å²) in [6.07, 6.45) is 0. The predicted octanol–water partition coefficient (Wildman–Crippen LogP) is 2.45. The average molecular weight is 284 g/mol. The molecule has 0 aromatic heterocycles. The minimum Gasteiger partial charge on any atom is -0.387 e. The lowest BCUT2D eigenvalue weighted by molar-refractivity contribution is 0.0920. The molecule has 4 nitrogen and oxygen atoms in total. The van der Waals surface area contributed by atoms with Crippen molar-refractivity contribution in [3.8, 4) is 0 Å². The third-order valence-corrected chi connectivity index (χ3v) is 3.62. The van der Waals surface area contributed by atoms with E-state index in [0.29, 0.717) is 17.1 Å². The molecule has 0 aliphatic rings. The Morgan fingerprint density at radius 1 is 1.37 bits per heavy atom. The summed E-state index contributed by atoms with van der Waals surface area (Å²) in [5.41, 5.74) is 1.22. The van der Waals surface area contributed by atoms with Crippen molar-refractivity contribution in [2.24, 2.45) is 0 Å². The molecule has 0 atom stereocenters. The Bertz CT molecular complexity index is 458. The van der Waals surface area contributed by atoms with Crippen LogP contribution in [0.2, 0.25) is 5.02 Å². The predicted molar refractivity (Wildman–Crippen MR) is 81.1 cm³/mol. The van der Waals surface area contributed by atoms with Crippen molar-refractivity contribution in [2.45, 2.75) is 19.4 Å². The molecule has 19 heavy (non-hydrogen) atoms. The smallest absolute Gasteiger partial charge is 0.253 e. The average Bonchev–Trinajstić information content (AvgIpc) is 2.35. The van der Waals surface area contributed by atoms with Gasteiger partial charge in [-0.05, 0) is 46.1 Å². The Morgan fingerprint density at radius 3 is 2.53 bits per heavy atom. The molecule has 2 N–H and O–H groups in total. The van der Waals surface area contributed by atoms with Crippen LogP contribution in [0.15, 0.2) is 18.2 Å². The molecule has 0 aliphatic carbocycles. The molecule has 1 rings (SSSR count). The second kappa shape index (κ2) is 6.26. The van der Waals surface area contributed by atoms with E-state index in [-0.39, 0.29) is 11.4 Å². The van der Waals surface area contributed by atoms with Crippen LogP contribution in [0.5, 0.6) is 0 Å². The van der Waals surface area contributed by atoms with E-state index < -0.39 is 0 Å². The summed E-state index contributed by atoms with van der Waals surface area (Å²) < 4.78 is 0. The van der Waals surface area contributed by atoms with Crippen LogP contribution >= 0.6 is 11.6 Å². The highest BCUT2D eigenvalue weighted by Gasteiger charge is 2.22. The zero-order valence-electron chi connectivity index (χ0n) is 12.2. The minimum absolute atomic E-state index is 0.103. The Morgan fingerprint density at radius 2 is 2.00 bits per heavy atom. The van der Waals surface area contributed by atoms with E-state index in [0.717, 1.165) is 5.69 Å². The van der Waals surface area contributed by atoms with Crippen molar-refractivity contribution in [1.82, 2.24) is 10.2 Å². The van der Waals surface area contributed by atoms with Gasteiger partial charge in [0.1, 0.15) is 0 Å². The molecule has 0 fully saturated rings. The second-order valence-corrected chi connectivity index (χ2v) is 5.77. The summed E-state index contributed by atoms with van der Waals surface area (Å²) in [7, 11) is 5.76. The molecule has 0 spiro atoms. The van der Waals surface area contributed by atoms with Crippen molar-refractivity contribution < 1.29 is 4.79 Å². The van der Waals surface area contributed by atoms with E-state index in [4.69, 9.17) is 11.6 Å². The minimum atomic E-state index is -0.123. The maximum absolute atomic E-state index is 12.2. The number of benzene rings is 1. The molecule has 0 heterocycles. The summed E-state index contributed by atoms with van der Waals surface area (Å²) in [6.45, 7) is 4.71. The molecule has 0 aliphatic heterocycles. The van der Waals surface area contributed by atoms with Crippen molar-refractivity contribution in [3.63, 3.8) is 0 Å². The molecule has 0 unspecified atom stereocenters. The molecule has 0 bridgehead atoms. The summed E-state index contributed by atoms with van der Waals surface area (Å²) in [4.78, 5) is 14.3. The van der Waals surface area contributed by atoms with Crippen LogP contribution in [0.3, 0.4) is 0 Å². The largest absolute Gasteiger partial charge is 0.387 e. The van der Waals surface area contributed by atoms with Gasteiger partial charge < -0.3 is 15.5 Å². The van der Waals surface area contributed by atoms with E-state index in [1.807, 2.05) is 14.1 Å². The van der Waals surface area contributed by atoms with Gasteiger partial charge in [-0.1, -0.05) is 11.6 Å². The SMILES string of the molecule is CNc1ccc(Cl)cc1C(=O)NCC(C)(C)N(C)C. The van der Waals surface area contributed by atoms with Gasteiger partial charge in [0.15, 0.2) is 0 Å². The molecule has 106 valence electrons. The van der Waals surface area contributed by atoms with Gasteiger partial charge >= 0.3 is 0 Å². The molecule has 5 heteroatoms. The number of hydrogen-bond donors (Lipinski definition) is 2. The van der Waals surface area contributed by atoms with Crippen LogP contribution in [0.1, 0.15) is 24.2 Å². The standard InChI is InChI=1S/C14H22ClN3O/c1-14(2,18(4)5)9-17-13(19)11-8-10(15)6-7-12(11)16-3/h6-8,16H,9H2,1-5H3,(H,17,19). The molecule has 0 radical (unpaired) electrons. The van der Waals surface area contributed by atoms with E-state index >= 15 is 0 Å². The van der Waals surface area contributed by atoms with Gasteiger partial charge in [-0.3, -0.25) is 4.79 Å². The molecule has 1 aromatic rings. The van der Waals surface area contributed by atoms with Gasteiger partial charge in [0, 0.05) is 29.8 Å². The fourth-order valence-electron chi connectivity index (χ4n) is 1.47. The normalized spacial score (nSPS) is 11.5. The van der Waals surface area contributed by atoms with Crippen LogP contribution in [0, 0.1) is 0 Å². The fraction of sp³-hybridized carbons (Fsp3) is 0.500. The van der Waals surface area contributed by atoms with Crippen LogP contribution < -0.4 is 10.6 Å². The summed E-state index contributed by atoms with van der Waals surface area (Å²) >= 11 is 5.94. The summed E-state index contributed by atoms with van der Waals surface area (Å²) in [6, 6.07) is 5.23. The van der Waals surface area contributed by atoms with Crippen LogP contribution in [-0.2, 0) is 0 Å². The van der Waals surface area contributed by atoms with Crippen molar-refractivity contribution in [1.29, 1.82) is 0 Å². The first-order chi connectivity index (χ1) is 8.77. The Balaban J connectivity index is 2.82. The van der Waals surface area contributed by atoms with Gasteiger partial charge in [0.2, 0.25) is 0 Å². The number of carbonyl (C=O) groups is 1. The number of likely N-dealkylation sites (N-methyl/N-ethyl adjacent to an activating group) is 1. The third kappa shape index (κ3) is 4.11. The highest BCUT2D eigenvalue weighted by molar-refractivity contribution is 6.31. The molecule has 0 saturated heterocycles. The number of anilines is 1. The number of carbonyl (C=O) groups excluding carboxylic acids is 1. The van der Waals surface area contributed by atoms with Crippen molar-refractivity contribution in [2.75, 3.05) is 33.0 Å². The zero-order valence-corrected chi connectivity index (χ0v) is 12.9. The third-order valence-electron chi connectivity index (χ3n) is 3.39. The van der Waals surface area contributed by atoms with Gasteiger partial charge in [-0.15, -0.1) is 0 Å². The van der Waals surface area contributed by atoms with E-state index in [9.17, 15) is 4.79 Å². The summed E-state index contributed by atoms with van der Waals surface area (Å²) in [5.74, 6) is -0.123. The lowest BCUT2D eigenvalue weighted by atomic mass is 10.0. The number of amides is 1. The Hall–Kier alpha value is -1.26. The second-order valence-electron chi connectivity index (χ2n) is 5.33. The first-order valence-corrected chi connectivity index (χ1v) is 6.58. The van der Waals surface area contributed by atoms with E-state index in [2.05, 4.69) is 29.4 Å². The molecular weight excluding hydrogens is 262 g/mol. The highest BCUT2D eigenvalue weighted by Crippen LogP contribution is 2.20. The molecular formula is C14H22ClN3O. The first kappa shape index (κ1) is 15.8. The summed E-state index contributed by atoms with van der Waals surface area (Å²) in [5, 5.41) is 6.49. The van der Waals surface area contributed by atoms with Gasteiger partial charge in [-0.25, -0.2) is 0 Å². The molecule has 0 saturated carbocycles. The number of hydrogen-bond acceptors (Lipinski definition) is 3. The van der Waals surface area contributed by atoms with E-state index in [1.54, 1.807) is 25.2 Å². The monoisotopic (exact) mass is 283 g/mol. The quantitative estimate of drug-likeness (QED) is 0.872. The number of halogens is 1. The molecule has 1 amide bonds. The van der Waals surface area contributed by atoms with Crippen LogP contribution in [-0.4, -0.2) is 44.0 Å². The van der Waals surface area contributed by atoms with Gasteiger partial charge in [-0.2, -0.15) is 0 Å². The van der Waals surface area contributed by atoms with E-state index in [1.165, 1.54) is 0 Å². The van der Waals surface area contributed by atoms with Crippen LogP contribution in [0.4, 0.5) is 5.69 Å². The first-order valence-electron chi connectivity index (χ1n) is 6.21. The van der Waals surface area contributed by atoms with Crippen molar-refractivity contribution in [3.05, 3.63) is 28.8 Å². The van der Waals surface area contributed by atoms with Crippen LogP contribution in [0.25, 0.3) is 0 Å². The number of nitrogens with zero attached hydrogens (tertiary/aromatic N) is 1. The lowest BCUT2D eigenvalue weighted by Crippen LogP contribution is -2.48. The Labute approximate surface area is 120 Å². The van der Waals surface area contributed by atoms with Gasteiger partial charge in [0.05, 0.1) is 5.56 Å². The van der Waals surface area contributed by atoms with Crippen molar-refractivity contribution >= 4 is 23.2 Å². The maximum Gasteiger partial charge on any atom is 0.253 e. The number of nitrogens with one attached hydrogen (secondary N) is 2. The fourth-order valence-corrected chi connectivity index (χ4v) is 1.64. The highest BCUT2D eigenvalue weighted by atomic mass is 35.5.